The minimum absolute atomic E-state index is 1.10. The van der Waals surface area contributed by atoms with Crippen LogP contribution in [0.3, 0.4) is 0 Å². The molecule has 0 aromatic carbocycles. The average molecular weight is 195 g/mol. The molecule has 1 N–H and O–H groups in total. The Morgan fingerprint density at radius 1 is 1.08 bits per heavy atom. The molecular formula is C3H5N3O7. The van der Waals surface area contributed by atoms with Crippen molar-refractivity contribution in [3.8, 4) is 0 Å². The van der Waals surface area contributed by atoms with Crippen molar-refractivity contribution in [1.82, 2.24) is 0 Å². The molecule has 0 aromatic rings. The Kier molecular flexibility index (Phi) is 3.65. The lowest BCUT2D eigenvalue weighted by Gasteiger charge is -2.04. The summed E-state index contributed by atoms with van der Waals surface area (Å²) in [4.78, 5) is 26.0. The van der Waals surface area contributed by atoms with E-state index < -0.39 is 33.6 Å². The molecule has 0 aromatic heterocycles. The third-order valence-electron chi connectivity index (χ3n) is 1.17. The molecule has 0 heterocycles. The molecule has 0 saturated carbocycles. The highest BCUT2D eigenvalue weighted by atomic mass is 16.7. The summed E-state index contributed by atoms with van der Waals surface area (Å²) in [5.41, 5.74) is 0. The molecule has 0 amide bonds. The predicted molar refractivity (Wildman–Crippen MR) is 35.6 cm³/mol. The minimum atomic E-state index is -2.56. The highest BCUT2D eigenvalue weighted by molar-refractivity contribution is 4.56. The summed E-state index contributed by atoms with van der Waals surface area (Å²) < 4.78 is 0. The Balaban J connectivity index is 4.51. The van der Waals surface area contributed by atoms with Crippen molar-refractivity contribution in [2.45, 2.75) is 12.3 Å². The second kappa shape index (κ2) is 4.25. The first-order valence-corrected chi connectivity index (χ1v) is 2.93. The van der Waals surface area contributed by atoms with Crippen molar-refractivity contribution < 1.29 is 19.9 Å². The van der Waals surface area contributed by atoms with Gasteiger partial charge in [0.25, 0.3) is 6.54 Å². The van der Waals surface area contributed by atoms with Crippen molar-refractivity contribution in [3.05, 3.63) is 30.3 Å². The molecule has 74 valence electrons. The lowest BCUT2D eigenvalue weighted by atomic mass is 10.3. The van der Waals surface area contributed by atoms with Gasteiger partial charge in [0.05, 0.1) is 4.92 Å². The summed E-state index contributed by atoms with van der Waals surface area (Å²) >= 11 is 0. The van der Waals surface area contributed by atoms with E-state index in [9.17, 15) is 30.3 Å². The molecule has 0 aliphatic heterocycles. The maximum atomic E-state index is 10.0. The van der Waals surface area contributed by atoms with Crippen LogP contribution in [0.4, 0.5) is 0 Å². The third kappa shape index (κ3) is 3.37. The fourth-order valence-corrected chi connectivity index (χ4v) is 0.563. The highest BCUT2D eigenvalue weighted by Gasteiger charge is 2.43. The van der Waals surface area contributed by atoms with Crippen LogP contribution in [0.5, 0.6) is 0 Å². The van der Waals surface area contributed by atoms with Gasteiger partial charge < -0.3 is 5.11 Å². The fourth-order valence-electron chi connectivity index (χ4n) is 0.563. The van der Waals surface area contributed by atoms with Gasteiger partial charge in [0.1, 0.15) is 0 Å². The van der Waals surface area contributed by atoms with Gasteiger partial charge in [0.15, 0.2) is 0 Å². The van der Waals surface area contributed by atoms with E-state index >= 15 is 0 Å². The lowest BCUT2D eigenvalue weighted by Crippen LogP contribution is -2.43. The minimum Gasteiger partial charge on any atom is -0.327 e. The van der Waals surface area contributed by atoms with Crippen molar-refractivity contribution in [1.29, 1.82) is 0 Å². The summed E-state index contributed by atoms with van der Waals surface area (Å²) in [5, 5.41) is 38.2. The number of aliphatic hydroxyl groups excluding tert-OH is 1. The Hall–Kier alpha value is -1.84. The van der Waals surface area contributed by atoms with Crippen molar-refractivity contribution in [2.75, 3.05) is 6.54 Å². The van der Waals surface area contributed by atoms with Crippen LogP contribution < -0.4 is 0 Å². The number of rotatable bonds is 5. The molecule has 0 fully saturated rings. The van der Waals surface area contributed by atoms with E-state index in [0.29, 0.717) is 0 Å². The monoisotopic (exact) mass is 195 g/mol. The molecule has 2 atom stereocenters. The van der Waals surface area contributed by atoms with Crippen LogP contribution in [0.2, 0.25) is 0 Å². The summed E-state index contributed by atoms with van der Waals surface area (Å²) in [6, 6.07) is -2.22. The first kappa shape index (κ1) is 11.2. The van der Waals surface area contributed by atoms with E-state index in [1.54, 1.807) is 0 Å². The van der Waals surface area contributed by atoms with E-state index in [4.69, 9.17) is 5.11 Å². The average Bonchev–Trinajstić information content (AvgIpc) is 1.97. The summed E-state index contributed by atoms with van der Waals surface area (Å²) in [7, 11) is 0. The van der Waals surface area contributed by atoms with Crippen molar-refractivity contribution in [2.24, 2.45) is 0 Å². The van der Waals surface area contributed by atoms with Crippen molar-refractivity contribution >= 4 is 0 Å². The molecule has 2 unspecified atom stereocenters. The number of nitro groups is 3. The first-order chi connectivity index (χ1) is 5.86. The van der Waals surface area contributed by atoms with Crippen LogP contribution in [0.25, 0.3) is 0 Å². The van der Waals surface area contributed by atoms with Gasteiger partial charge >= 0.3 is 12.3 Å². The number of aliphatic hydroxyl groups is 1. The summed E-state index contributed by atoms with van der Waals surface area (Å²) in [6.07, 6.45) is -2.56. The third-order valence-corrected chi connectivity index (χ3v) is 1.17. The summed E-state index contributed by atoms with van der Waals surface area (Å²) in [5.74, 6) is 0. The molecule has 0 radical (unpaired) electrons. The molecule has 0 aliphatic carbocycles. The van der Waals surface area contributed by atoms with Gasteiger partial charge in [0.2, 0.25) is 0 Å². The van der Waals surface area contributed by atoms with Gasteiger partial charge in [-0.05, 0) is 0 Å². The smallest absolute Gasteiger partial charge is 0.327 e. The molecule has 0 rings (SSSR count). The Labute approximate surface area is 70.2 Å². The quantitative estimate of drug-likeness (QED) is 0.318. The van der Waals surface area contributed by atoms with Gasteiger partial charge in [0, 0.05) is 9.85 Å². The van der Waals surface area contributed by atoms with Crippen LogP contribution in [0.15, 0.2) is 0 Å². The van der Waals surface area contributed by atoms with Gasteiger partial charge in [-0.15, -0.1) is 0 Å². The number of hydrogen-bond donors (Lipinski definition) is 1. The fraction of sp³-hybridized carbons (Fsp3) is 1.00. The standard InChI is InChI=1S/C3H5N3O7/c7-3(6(12)13)2(5(10)11)1-4(8)9/h2-3,7H,1H2. The second-order valence-electron chi connectivity index (χ2n) is 2.07. The SMILES string of the molecule is O=[N+]([O-])CC(C(O)[N+](=O)[O-])[N+](=O)[O-]. The normalized spacial score (nSPS) is 14.5. The van der Waals surface area contributed by atoms with E-state index in [0.717, 1.165) is 0 Å². The predicted octanol–water partition coefficient (Wildman–Crippen LogP) is -1.50. The van der Waals surface area contributed by atoms with Gasteiger partial charge in [-0.3, -0.25) is 30.3 Å². The maximum absolute atomic E-state index is 10.0. The van der Waals surface area contributed by atoms with Crippen LogP contribution in [0, 0.1) is 30.3 Å². The molecule has 10 nitrogen and oxygen atoms in total. The molecule has 0 aliphatic rings. The zero-order valence-corrected chi connectivity index (χ0v) is 6.10. The highest BCUT2D eigenvalue weighted by Crippen LogP contribution is 1.99. The van der Waals surface area contributed by atoms with Crippen LogP contribution in [-0.4, -0.2) is 38.7 Å². The van der Waals surface area contributed by atoms with Crippen LogP contribution >= 0.6 is 0 Å². The van der Waals surface area contributed by atoms with Crippen molar-refractivity contribution in [3.63, 3.8) is 0 Å². The Morgan fingerprint density at radius 2 is 1.54 bits per heavy atom. The van der Waals surface area contributed by atoms with E-state index in [1.807, 2.05) is 0 Å². The van der Waals surface area contributed by atoms with Gasteiger partial charge in [-0.2, -0.15) is 0 Å². The van der Waals surface area contributed by atoms with Crippen LogP contribution in [0.1, 0.15) is 0 Å². The number of hydrogen-bond acceptors (Lipinski definition) is 7. The molecule has 0 spiro atoms. The van der Waals surface area contributed by atoms with Crippen LogP contribution in [-0.2, 0) is 0 Å². The largest absolute Gasteiger partial charge is 0.387 e. The molecule has 10 heteroatoms. The van der Waals surface area contributed by atoms with Gasteiger partial charge in [-0.1, -0.05) is 0 Å². The molecular weight excluding hydrogens is 190 g/mol. The Morgan fingerprint density at radius 3 is 1.77 bits per heavy atom. The Bertz CT molecular complexity index is 239. The zero-order chi connectivity index (χ0) is 10.6. The van der Waals surface area contributed by atoms with E-state index in [1.165, 1.54) is 0 Å². The first-order valence-electron chi connectivity index (χ1n) is 2.93. The molecule has 0 bridgehead atoms. The van der Waals surface area contributed by atoms with Gasteiger partial charge in [-0.25, -0.2) is 0 Å². The van der Waals surface area contributed by atoms with E-state index in [2.05, 4.69) is 0 Å². The van der Waals surface area contributed by atoms with E-state index in [-0.39, 0.29) is 0 Å². The zero-order valence-electron chi connectivity index (χ0n) is 6.10. The lowest BCUT2D eigenvalue weighted by molar-refractivity contribution is -0.675. The second-order valence-corrected chi connectivity index (χ2v) is 2.07. The topological polar surface area (TPSA) is 150 Å². The molecule has 13 heavy (non-hydrogen) atoms. The molecule has 0 saturated heterocycles. The summed E-state index contributed by atoms with van der Waals surface area (Å²) in [6.45, 7) is -1.28. The number of nitrogens with zero attached hydrogens (tertiary/aromatic N) is 3. The maximum Gasteiger partial charge on any atom is 0.387 e.